The minimum atomic E-state index is -0.738. The van der Waals surface area contributed by atoms with Gasteiger partial charge in [0, 0.05) is 26.2 Å². The summed E-state index contributed by atoms with van der Waals surface area (Å²) >= 11 is 0. The molecule has 1 fully saturated rings. The fourth-order valence-electron chi connectivity index (χ4n) is 3.21. The number of nitrogens with one attached hydrogen (secondary N) is 2. The van der Waals surface area contributed by atoms with E-state index in [9.17, 15) is 19.2 Å². The maximum absolute atomic E-state index is 13.0. The Hall–Kier alpha value is -2.78. The van der Waals surface area contributed by atoms with E-state index in [2.05, 4.69) is 10.6 Å². The van der Waals surface area contributed by atoms with Crippen LogP contribution >= 0.6 is 0 Å². The molecule has 0 aromatic carbocycles. The highest BCUT2D eigenvalue weighted by molar-refractivity contribution is 5.94. The van der Waals surface area contributed by atoms with Gasteiger partial charge < -0.3 is 16.0 Å². The third kappa shape index (κ3) is 4.69. The van der Waals surface area contributed by atoms with E-state index in [1.165, 1.54) is 4.57 Å². The molecule has 0 atom stereocenters. The van der Waals surface area contributed by atoms with E-state index in [0.29, 0.717) is 32.6 Å². The number of nitrogen functional groups attached to an aromatic ring is 1. The van der Waals surface area contributed by atoms with Crippen molar-refractivity contribution < 1.29 is 9.59 Å². The molecule has 10 heteroatoms. The highest BCUT2D eigenvalue weighted by Crippen LogP contribution is 2.21. The van der Waals surface area contributed by atoms with Crippen LogP contribution in [0.5, 0.6) is 0 Å². The van der Waals surface area contributed by atoms with Crippen LogP contribution in [0.4, 0.5) is 16.3 Å². The minimum absolute atomic E-state index is 0.133. The maximum Gasteiger partial charge on any atom is 0.333 e. The molecule has 3 amide bonds. The lowest BCUT2D eigenvalue weighted by Gasteiger charge is -2.30. The van der Waals surface area contributed by atoms with Gasteiger partial charge in [-0.25, -0.2) is 14.2 Å². The number of amides is 3. The molecule has 0 spiro atoms. The van der Waals surface area contributed by atoms with Gasteiger partial charge in [0.05, 0.1) is 0 Å². The number of anilines is 2. The second-order valence-corrected chi connectivity index (χ2v) is 6.51. The predicted octanol–water partition coefficient (Wildman–Crippen LogP) is -0.162. The molecular weight excluding hydrogens is 352 g/mol. The monoisotopic (exact) mass is 380 g/mol. The standard InChI is InChI=1S/C17H28N6O4/c1-3-8-22-14(18)13(21-9-6-5-7-10-21)15(25)23(17(22)27)11-12(24)20-16(26)19-4-2/h3-11,18H2,1-2H3,(H2,19,20,24,26). The topological polar surface area (TPSA) is 131 Å². The van der Waals surface area contributed by atoms with Crippen molar-refractivity contribution in [3.8, 4) is 0 Å². The molecule has 150 valence electrons. The van der Waals surface area contributed by atoms with E-state index in [-0.39, 0.29) is 11.5 Å². The summed E-state index contributed by atoms with van der Waals surface area (Å²) < 4.78 is 2.18. The Morgan fingerprint density at radius 2 is 1.74 bits per heavy atom. The van der Waals surface area contributed by atoms with Gasteiger partial charge in [0.25, 0.3) is 5.56 Å². The van der Waals surface area contributed by atoms with E-state index in [4.69, 9.17) is 5.73 Å². The van der Waals surface area contributed by atoms with Crippen molar-refractivity contribution in [2.45, 2.75) is 52.6 Å². The third-order valence-electron chi connectivity index (χ3n) is 4.45. The Morgan fingerprint density at radius 1 is 1.07 bits per heavy atom. The highest BCUT2D eigenvalue weighted by Gasteiger charge is 2.24. The maximum atomic E-state index is 13.0. The molecular formula is C17H28N6O4. The molecule has 1 saturated heterocycles. The zero-order valence-electron chi connectivity index (χ0n) is 15.9. The molecule has 1 aliphatic rings. The third-order valence-corrected chi connectivity index (χ3v) is 4.45. The number of hydrogen-bond acceptors (Lipinski definition) is 6. The molecule has 1 aliphatic heterocycles. The van der Waals surface area contributed by atoms with Crippen LogP contribution in [-0.2, 0) is 17.9 Å². The first-order valence-corrected chi connectivity index (χ1v) is 9.36. The Kier molecular flexibility index (Phi) is 7.03. The van der Waals surface area contributed by atoms with Gasteiger partial charge in [-0.05, 0) is 32.6 Å². The van der Waals surface area contributed by atoms with E-state index >= 15 is 0 Å². The lowest BCUT2D eigenvalue weighted by atomic mass is 10.1. The van der Waals surface area contributed by atoms with E-state index in [1.807, 2.05) is 11.8 Å². The van der Waals surface area contributed by atoms with E-state index in [0.717, 1.165) is 23.8 Å². The summed E-state index contributed by atoms with van der Waals surface area (Å²) in [6.45, 7) is 5.10. The fraction of sp³-hybridized carbons (Fsp3) is 0.647. The quantitative estimate of drug-likeness (QED) is 0.628. The molecule has 0 radical (unpaired) electrons. The van der Waals surface area contributed by atoms with Gasteiger partial charge in [0.15, 0.2) is 0 Å². The van der Waals surface area contributed by atoms with Crippen LogP contribution in [0.25, 0.3) is 0 Å². The number of imide groups is 1. The summed E-state index contributed by atoms with van der Waals surface area (Å²) in [5.74, 6) is -0.605. The van der Waals surface area contributed by atoms with E-state index < -0.39 is 29.7 Å². The number of nitrogens with zero attached hydrogens (tertiary/aromatic N) is 3. The number of carbonyl (C=O) groups is 2. The molecule has 0 aliphatic carbocycles. The summed E-state index contributed by atoms with van der Waals surface area (Å²) in [5, 5.41) is 4.53. The molecule has 1 aromatic rings. The first-order chi connectivity index (χ1) is 12.9. The second-order valence-electron chi connectivity index (χ2n) is 6.51. The molecule has 10 nitrogen and oxygen atoms in total. The zero-order valence-corrected chi connectivity index (χ0v) is 15.9. The smallest absolute Gasteiger partial charge is 0.333 e. The molecule has 0 saturated carbocycles. The van der Waals surface area contributed by atoms with Crippen molar-refractivity contribution in [2.75, 3.05) is 30.3 Å². The van der Waals surface area contributed by atoms with Crippen LogP contribution in [0.2, 0.25) is 0 Å². The van der Waals surface area contributed by atoms with Crippen molar-refractivity contribution >= 4 is 23.4 Å². The number of aromatic nitrogens is 2. The van der Waals surface area contributed by atoms with Gasteiger partial charge in [-0.2, -0.15) is 0 Å². The Morgan fingerprint density at radius 3 is 2.33 bits per heavy atom. The second kappa shape index (κ2) is 9.24. The molecule has 27 heavy (non-hydrogen) atoms. The van der Waals surface area contributed by atoms with Gasteiger partial charge in [-0.1, -0.05) is 6.92 Å². The van der Waals surface area contributed by atoms with Crippen molar-refractivity contribution in [3.63, 3.8) is 0 Å². The van der Waals surface area contributed by atoms with Crippen molar-refractivity contribution in [1.29, 1.82) is 0 Å². The van der Waals surface area contributed by atoms with Gasteiger partial charge in [-0.3, -0.25) is 19.5 Å². The van der Waals surface area contributed by atoms with Crippen molar-refractivity contribution in [1.82, 2.24) is 19.8 Å². The molecule has 4 N–H and O–H groups in total. The molecule has 1 aromatic heterocycles. The lowest BCUT2D eigenvalue weighted by Crippen LogP contribution is -2.49. The zero-order chi connectivity index (χ0) is 20.0. The van der Waals surface area contributed by atoms with Crippen LogP contribution in [0, 0.1) is 0 Å². The number of piperidine rings is 1. The highest BCUT2D eigenvalue weighted by atomic mass is 16.2. The summed E-state index contributed by atoms with van der Waals surface area (Å²) in [5.41, 5.74) is 5.18. The molecule has 2 rings (SSSR count). The van der Waals surface area contributed by atoms with E-state index in [1.54, 1.807) is 6.92 Å². The fourth-order valence-corrected chi connectivity index (χ4v) is 3.21. The van der Waals surface area contributed by atoms with Gasteiger partial charge in [0.2, 0.25) is 5.91 Å². The lowest BCUT2D eigenvalue weighted by molar-refractivity contribution is -0.120. The van der Waals surface area contributed by atoms with Crippen molar-refractivity contribution in [3.05, 3.63) is 20.8 Å². The first-order valence-electron chi connectivity index (χ1n) is 9.36. The summed E-state index contributed by atoms with van der Waals surface area (Å²) in [6, 6.07) is -0.670. The first kappa shape index (κ1) is 20.5. The molecule has 0 unspecified atom stereocenters. The van der Waals surface area contributed by atoms with Gasteiger partial charge in [-0.15, -0.1) is 0 Å². The minimum Gasteiger partial charge on any atom is -0.383 e. The van der Waals surface area contributed by atoms with Crippen LogP contribution in [0.3, 0.4) is 0 Å². The Balaban J connectivity index is 2.44. The Labute approximate surface area is 157 Å². The summed E-state index contributed by atoms with van der Waals surface area (Å²) in [7, 11) is 0. The number of nitrogens with two attached hydrogens (primary N) is 1. The normalized spacial score (nSPS) is 14.1. The number of carbonyl (C=O) groups excluding carboxylic acids is 2. The summed E-state index contributed by atoms with van der Waals surface area (Å²) in [6.07, 6.45) is 3.59. The van der Waals surface area contributed by atoms with Gasteiger partial charge in [0.1, 0.15) is 18.1 Å². The molecule has 0 bridgehead atoms. The number of hydrogen-bond donors (Lipinski definition) is 3. The number of rotatable bonds is 6. The van der Waals surface area contributed by atoms with Crippen LogP contribution in [-0.4, -0.2) is 40.7 Å². The van der Waals surface area contributed by atoms with Crippen LogP contribution in [0.15, 0.2) is 9.59 Å². The largest absolute Gasteiger partial charge is 0.383 e. The molecule has 2 heterocycles. The Bertz CT molecular complexity index is 807. The SMILES string of the molecule is CCCn1c(N)c(N2CCCCC2)c(=O)n(CC(=O)NC(=O)NCC)c1=O. The van der Waals surface area contributed by atoms with Crippen LogP contribution < -0.4 is 32.5 Å². The van der Waals surface area contributed by atoms with Crippen molar-refractivity contribution in [2.24, 2.45) is 0 Å². The average Bonchev–Trinajstić information content (AvgIpc) is 2.63. The van der Waals surface area contributed by atoms with Gasteiger partial charge >= 0.3 is 11.7 Å². The average molecular weight is 380 g/mol. The summed E-state index contributed by atoms with van der Waals surface area (Å²) in [4.78, 5) is 51.2. The number of urea groups is 1. The van der Waals surface area contributed by atoms with Crippen LogP contribution in [0.1, 0.15) is 39.5 Å². The predicted molar refractivity (Wildman–Crippen MR) is 103 cm³/mol.